The van der Waals surface area contributed by atoms with Gasteiger partial charge < -0.3 is 24.1 Å². The van der Waals surface area contributed by atoms with Crippen molar-refractivity contribution in [2.45, 2.75) is 75.1 Å². The van der Waals surface area contributed by atoms with Gasteiger partial charge in [-0.2, -0.15) is 11.8 Å². The number of hydrogen-bond acceptors (Lipinski definition) is 9. The maximum absolute atomic E-state index is 14.9. The number of thioether (sulfide) groups is 1. The summed E-state index contributed by atoms with van der Waals surface area (Å²) < 4.78 is 31.9. The monoisotopic (exact) mass is 617 g/mol. The molecule has 2 aromatic rings. The Morgan fingerprint density at radius 2 is 1.77 bits per heavy atom. The molecule has 1 amide bonds. The van der Waals surface area contributed by atoms with Gasteiger partial charge in [-0.05, 0) is 65.5 Å². The van der Waals surface area contributed by atoms with E-state index >= 15 is 0 Å². The van der Waals surface area contributed by atoms with Crippen molar-refractivity contribution in [1.29, 1.82) is 0 Å². The van der Waals surface area contributed by atoms with E-state index in [0.717, 1.165) is 78.2 Å². The van der Waals surface area contributed by atoms with Crippen LogP contribution in [0, 0.1) is 11.7 Å². The summed E-state index contributed by atoms with van der Waals surface area (Å²) in [5.41, 5.74) is -0.569. The number of carbonyl (C=O) groups is 1. The van der Waals surface area contributed by atoms with Gasteiger partial charge in [0.1, 0.15) is 28.4 Å². The van der Waals surface area contributed by atoms with Crippen LogP contribution in [0.3, 0.4) is 0 Å². The summed E-state index contributed by atoms with van der Waals surface area (Å²) >= 11 is 1.76. The van der Waals surface area contributed by atoms with E-state index in [9.17, 15) is 14.0 Å². The van der Waals surface area contributed by atoms with Crippen molar-refractivity contribution in [3.8, 4) is 5.75 Å². The van der Waals surface area contributed by atoms with Gasteiger partial charge in [-0.15, -0.1) is 0 Å². The van der Waals surface area contributed by atoms with E-state index in [0.29, 0.717) is 52.7 Å². The zero-order valence-corrected chi connectivity index (χ0v) is 26.3. The summed E-state index contributed by atoms with van der Waals surface area (Å²) in [6.07, 6.45) is 3.83. The molecule has 0 unspecified atom stereocenters. The normalized spacial score (nSPS) is 22.0. The molecule has 4 aliphatic rings. The number of aromatic amines is 1. The van der Waals surface area contributed by atoms with Crippen LogP contribution in [-0.4, -0.2) is 113 Å². The highest BCUT2D eigenvalue weighted by atomic mass is 32.2. The molecule has 12 heteroatoms. The SMILES string of the molecule is CC(C)(C)OC(=O)N1CC(N2CC(N3CCC(COc4cc(F)c5c(=O)[nH]c(CSC6CCOCC6)nc5c4)CC3)C2)C1. The standard InChI is InChI=1S/C31H44FN5O5S/c1-31(2,3)42-30(39)37-16-22(17-37)36-14-21(15-36)35-8-4-20(5-9-35)18-41-23-12-25(32)28-26(13-23)33-27(34-29(28)38)19-43-24-6-10-40-11-7-24/h12-13,20-22,24H,4-11,14-19H2,1-3H3,(H,33,34,38). The fourth-order valence-electron chi connectivity index (χ4n) is 6.32. The first-order chi connectivity index (χ1) is 20.6. The molecule has 6 rings (SSSR count). The van der Waals surface area contributed by atoms with Gasteiger partial charge in [-0.1, -0.05) is 0 Å². The third-order valence-electron chi connectivity index (χ3n) is 8.98. The number of amides is 1. The molecule has 0 saturated carbocycles. The number of ether oxygens (including phenoxy) is 3. The molecular formula is C31H44FN5O5S. The van der Waals surface area contributed by atoms with Crippen LogP contribution in [0.4, 0.5) is 9.18 Å². The van der Waals surface area contributed by atoms with Gasteiger partial charge in [0, 0.05) is 68.9 Å². The van der Waals surface area contributed by atoms with Gasteiger partial charge in [-0.25, -0.2) is 14.2 Å². The van der Waals surface area contributed by atoms with Crippen molar-refractivity contribution in [1.82, 2.24) is 24.7 Å². The maximum Gasteiger partial charge on any atom is 0.410 e. The lowest BCUT2D eigenvalue weighted by Gasteiger charge is -2.54. The van der Waals surface area contributed by atoms with Crippen LogP contribution in [0.5, 0.6) is 5.75 Å². The summed E-state index contributed by atoms with van der Waals surface area (Å²) in [7, 11) is 0. The first-order valence-electron chi connectivity index (χ1n) is 15.6. The van der Waals surface area contributed by atoms with E-state index < -0.39 is 17.0 Å². The van der Waals surface area contributed by atoms with E-state index in [-0.39, 0.29) is 11.5 Å². The van der Waals surface area contributed by atoms with Crippen LogP contribution < -0.4 is 10.3 Å². The highest BCUT2D eigenvalue weighted by molar-refractivity contribution is 7.99. The van der Waals surface area contributed by atoms with Gasteiger partial charge in [0.05, 0.1) is 17.9 Å². The number of carbonyl (C=O) groups excluding carboxylic acids is 1. The largest absolute Gasteiger partial charge is 0.493 e. The van der Waals surface area contributed by atoms with E-state index in [1.54, 1.807) is 22.7 Å². The third-order valence-corrected chi connectivity index (χ3v) is 10.4. The van der Waals surface area contributed by atoms with E-state index in [1.165, 1.54) is 6.07 Å². The zero-order chi connectivity index (χ0) is 30.1. The number of likely N-dealkylation sites (tertiary alicyclic amines) is 3. The lowest BCUT2D eigenvalue weighted by molar-refractivity contribution is -0.0634. The summed E-state index contributed by atoms with van der Waals surface area (Å²) in [6, 6.07) is 4.00. The molecule has 1 aromatic heterocycles. The minimum atomic E-state index is -0.602. The van der Waals surface area contributed by atoms with Crippen LogP contribution in [0.15, 0.2) is 16.9 Å². The molecule has 4 saturated heterocycles. The van der Waals surface area contributed by atoms with Crippen molar-refractivity contribution in [2.24, 2.45) is 5.92 Å². The van der Waals surface area contributed by atoms with Gasteiger partial charge >= 0.3 is 6.09 Å². The number of piperidine rings is 1. The first kappa shape index (κ1) is 30.6. The second-order valence-electron chi connectivity index (χ2n) is 13.4. The molecular weight excluding hydrogens is 573 g/mol. The Kier molecular flexibility index (Phi) is 9.19. The summed E-state index contributed by atoms with van der Waals surface area (Å²) in [6.45, 7) is 13.4. The van der Waals surface area contributed by atoms with Gasteiger partial charge in [-0.3, -0.25) is 14.6 Å². The van der Waals surface area contributed by atoms with E-state index in [1.807, 2.05) is 20.8 Å². The maximum atomic E-state index is 14.9. The van der Waals surface area contributed by atoms with Gasteiger partial charge in [0.15, 0.2) is 0 Å². The van der Waals surface area contributed by atoms with Crippen LogP contribution in [0.25, 0.3) is 10.9 Å². The summed E-state index contributed by atoms with van der Waals surface area (Å²) in [5.74, 6) is 1.35. The smallest absolute Gasteiger partial charge is 0.410 e. The lowest BCUT2D eigenvalue weighted by atomic mass is 9.93. The molecule has 43 heavy (non-hydrogen) atoms. The quantitative estimate of drug-likeness (QED) is 0.473. The van der Waals surface area contributed by atoms with E-state index in [2.05, 4.69) is 19.8 Å². The average molecular weight is 618 g/mol. The van der Waals surface area contributed by atoms with Crippen molar-refractivity contribution in [2.75, 3.05) is 59.1 Å². The second kappa shape index (κ2) is 12.9. The Labute approximate surface area is 256 Å². The average Bonchev–Trinajstić information content (AvgIpc) is 2.91. The predicted molar refractivity (Wildman–Crippen MR) is 164 cm³/mol. The predicted octanol–water partition coefficient (Wildman–Crippen LogP) is 3.87. The molecule has 5 heterocycles. The molecule has 1 N–H and O–H groups in total. The topological polar surface area (TPSA) is 100 Å². The Hall–Kier alpha value is -2.41. The van der Waals surface area contributed by atoms with E-state index in [4.69, 9.17) is 14.2 Å². The molecule has 4 aliphatic heterocycles. The lowest BCUT2D eigenvalue weighted by Crippen LogP contribution is -2.70. The van der Waals surface area contributed by atoms with Gasteiger partial charge in [0.2, 0.25) is 0 Å². The van der Waals surface area contributed by atoms with Crippen LogP contribution in [-0.2, 0) is 15.2 Å². The number of nitrogens with zero attached hydrogens (tertiary/aromatic N) is 4. The molecule has 0 bridgehead atoms. The fraction of sp³-hybridized carbons (Fsp3) is 0.710. The van der Waals surface area contributed by atoms with Crippen LogP contribution in [0.2, 0.25) is 0 Å². The molecule has 0 spiro atoms. The number of halogens is 1. The van der Waals surface area contributed by atoms with Gasteiger partial charge in [0.25, 0.3) is 5.56 Å². The number of benzene rings is 1. The molecule has 236 valence electrons. The zero-order valence-electron chi connectivity index (χ0n) is 25.5. The third kappa shape index (κ3) is 7.46. The number of fused-ring (bicyclic) bond motifs is 1. The number of hydrogen-bond donors (Lipinski definition) is 1. The number of rotatable bonds is 8. The highest BCUT2D eigenvalue weighted by Crippen LogP contribution is 2.30. The molecule has 0 aliphatic carbocycles. The first-order valence-corrected chi connectivity index (χ1v) is 16.7. The van der Waals surface area contributed by atoms with Crippen molar-refractivity contribution < 1.29 is 23.4 Å². The Balaban J connectivity index is 0.938. The minimum Gasteiger partial charge on any atom is -0.493 e. The van der Waals surface area contributed by atoms with Crippen molar-refractivity contribution in [3.63, 3.8) is 0 Å². The summed E-state index contributed by atoms with van der Waals surface area (Å²) in [5, 5.41) is 0.463. The molecule has 0 radical (unpaired) electrons. The Morgan fingerprint density at radius 3 is 2.47 bits per heavy atom. The summed E-state index contributed by atoms with van der Waals surface area (Å²) in [4.78, 5) is 39.0. The molecule has 1 aromatic carbocycles. The Morgan fingerprint density at radius 1 is 1.07 bits per heavy atom. The van der Waals surface area contributed by atoms with Crippen LogP contribution >= 0.6 is 11.8 Å². The van der Waals surface area contributed by atoms with Crippen molar-refractivity contribution >= 4 is 28.8 Å². The minimum absolute atomic E-state index is 0.0190. The molecule has 0 atom stereocenters. The number of aromatic nitrogens is 2. The molecule has 4 fully saturated rings. The molecule has 10 nitrogen and oxygen atoms in total. The fourth-order valence-corrected chi connectivity index (χ4v) is 7.37. The number of H-pyrrole nitrogens is 1. The highest BCUT2D eigenvalue weighted by Gasteiger charge is 2.43. The number of nitrogens with one attached hydrogen (secondary N) is 1. The van der Waals surface area contributed by atoms with Crippen LogP contribution in [0.1, 0.15) is 52.3 Å². The second-order valence-corrected chi connectivity index (χ2v) is 14.7. The van der Waals surface area contributed by atoms with Crippen molar-refractivity contribution in [3.05, 3.63) is 34.1 Å². The Bertz CT molecular complexity index is 1340.